The molecule has 0 atom stereocenters. The van der Waals surface area contributed by atoms with E-state index >= 15 is 0 Å². The molecule has 1 N–H and O–H groups in total. The highest BCUT2D eigenvalue weighted by Crippen LogP contribution is 2.27. The van der Waals surface area contributed by atoms with Gasteiger partial charge in [-0.05, 0) is 57.4 Å². The number of rotatable bonds is 6. The number of allylic oxidation sites excluding steroid dienone is 2. The highest BCUT2D eigenvalue weighted by molar-refractivity contribution is 6.31. The van der Waals surface area contributed by atoms with Crippen molar-refractivity contribution < 1.29 is 9.15 Å². The van der Waals surface area contributed by atoms with Gasteiger partial charge in [0, 0.05) is 35.6 Å². The molecule has 0 spiro atoms. The second-order valence-corrected chi connectivity index (χ2v) is 7.95. The van der Waals surface area contributed by atoms with Gasteiger partial charge in [-0.1, -0.05) is 18.2 Å². The van der Waals surface area contributed by atoms with Crippen molar-refractivity contribution in [3.05, 3.63) is 63.4 Å². The molecule has 1 fully saturated rings. The van der Waals surface area contributed by atoms with Crippen LogP contribution in [0.2, 0.25) is 5.02 Å². The lowest BCUT2D eigenvalue weighted by Gasteiger charge is -2.33. The summed E-state index contributed by atoms with van der Waals surface area (Å²) < 4.78 is 11.0. The van der Waals surface area contributed by atoms with Crippen LogP contribution in [-0.4, -0.2) is 30.6 Å². The molecule has 2 aromatic rings. The van der Waals surface area contributed by atoms with E-state index in [-0.39, 0.29) is 11.7 Å². The van der Waals surface area contributed by atoms with Crippen molar-refractivity contribution in [2.45, 2.75) is 39.7 Å². The molecule has 0 unspecified atom stereocenters. The molecule has 5 nitrogen and oxygen atoms in total. The Hall–Kier alpha value is -2.24. The second-order valence-electron chi connectivity index (χ2n) is 7.51. The molecule has 1 aromatic carbocycles. The lowest BCUT2D eigenvalue weighted by Crippen LogP contribution is -2.40. The van der Waals surface area contributed by atoms with Crippen molar-refractivity contribution in [3.8, 4) is 0 Å². The molecule has 3 rings (SSSR count). The SMILES string of the molecule is C=C(CN1CCC(Nc2cc(=O)oc3ccc(Cl)cc23)CC1)OC(C)=C(C)C. The molecule has 1 aliphatic heterocycles. The standard InChI is InChI=1S/C22H27ClN2O3/c1-14(2)16(4)27-15(3)13-25-9-7-18(8-10-25)24-20-12-22(26)28-21-6-5-17(23)11-19(20)21/h5-6,11-12,18,24H,3,7-10,13H2,1-2,4H3. The first-order valence-corrected chi connectivity index (χ1v) is 9.91. The van der Waals surface area contributed by atoms with E-state index in [4.69, 9.17) is 20.8 Å². The molecule has 0 bridgehead atoms. The zero-order valence-corrected chi connectivity index (χ0v) is 17.4. The number of benzene rings is 1. The Kier molecular flexibility index (Phi) is 6.47. The van der Waals surface area contributed by atoms with Gasteiger partial charge in [-0.3, -0.25) is 4.90 Å². The molecule has 28 heavy (non-hydrogen) atoms. The maximum atomic E-state index is 11.9. The summed E-state index contributed by atoms with van der Waals surface area (Å²) in [4.78, 5) is 14.2. The molecular weight excluding hydrogens is 376 g/mol. The van der Waals surface area contributed by atoms with E-state index in [1.165, 1.54) is 6.07 Å². The first kappa shape index (κ1) is 20.5. The highest BCUT2D eigenvalue weighted by Gasteiger charge is 2.21. The Labute approximate surface area is 170 Å². The van der Waals surface area contributed by atoms with Gasteiger partial charge in [0.2, 0.25) is 0 Å². The lowest BCUT2D eigenvalue weighted by molar-refractivity contribution is 0.190. The first-order chi connectivity index (χ1) is 13.3. The average molecular weight is 403 g/mol. The van der Waals surface area contributed by atoms with Crippen LogP contribution >= 0.6 is 11.6 Å². The Morgan fingerprint density at radius 2 is 2.00 bits per heavy atom. The number of halogens is 1. The van der Waals surface area contributed by atoms with Crippen LogP contribution in [0.5, 0.6) is 0 Å². The van der Waals surface area contributed by atoms with E-state index < -0.39 is 0 Å². The second kappa shape index (κ2) is 8.84. The quantitative estimate of drug-likeness (QED) is 0.533. The van der Waals surface area contributed by atoms with Gasteiger partial charge in [-0.15, -0.1) is 0 Å². The van der Waals surface area contributed by atoms with Gasteiger partial charge in [0.05, 0.1) is 18.0 Å². The van der Waals surface area contributed by atoms with Gasteiger partial charge in [0.1, 0.15) is 11.3 Å². The minimum absolute atomic E-state index is 0.286. The van der Waals surface area contributed by atoms with E-state index in [1.807, 2.05) is 26.8 Å². The van der Waals surface area contributed by atoms with Crippen LogP contribution in [0.1, 0.15) is 33.6 Å². The Bertz CT molecular complexity index is 952. The predicted molar refractivity (Wildman–Crippen MR) is 115 cm³/mol. The number of likely N-dealkylation sites (tertiary alicyclic amines) is 1. The zero-order valence-electron chi connectivity index (χ0n) is 16.7. The number of hydrogen-bond donors (Lipinski definition) is 1. The minimum Gasteiger partial charge on any atom is -0.466 e. The third-order valence-electron chi connectivity index (χ3n) is 5.05. The summed E-state index contributed by atoms with van der Waals surface area (Å²) in [7, 11) is 0. The maximum Gasteiger partial charge on any atom is 0.338 e. The number of nitrogens with zero attached hydrogens (tertiary/aromatic N) is 1. The molecule has 0 radical (unpaired) electrons. The molecule has 0 aliphatic carbocycles. The number of fused-ring (bicyclic) bond motifs is 1. The van der Waals surface area contributed by atoms with Gasteiger partial charge >= 0.3 is 5.63 Å². The number of anilines is 1. The molecular formula is C22H27ClN2O3. The van der Waals surface area contributed by atoms with E-state index in [0.29, 0.717) is 10.6 Å². The fourth-order valence-corrected chi connectivity index (χ4v) is 3.48. The Morgan fingerprint density at radius 3 is 2.68 bits per heavy atom. The lowest BCUT2D eigenvalue weighted by atomic mass is 10.0. The summed E-state index contributed by atoms with van der Waals surface area (Å²) in [6, 6.07) is 7.06. The topological polar surface area (TPSA) is 54.7 Å². The number of hydrogen-bond acceptors (Lipinski definition) is 5. The van der Waals surface area contributed by atoms with Crippen molar-refractivity contribution >= 4 is 28.3 Å². The largest absolute Gasteiger partial charge is 0.466 e. The van der Waals surface area contributed by atoms with Crippen molar-refractivity contribution in [1.29, 1.82) is 0 Å². The summed E-state index contributed by atoms with van der Waals surface area (Å²) in [5.74, 6) is 1.68. The van der Waals surface area contributed by atoms with Crippen LogP contribution in [-0.2, 0) is 4.74 Å². The average Bonchev–Trinajstić information content (AvgIpc) is 2.63. The smallest absolute Gasteiger partial charge is 0.338 e. The molecule has 6 heteroatoms. The van der Waals surface area contributed by atoms with Gasteiger partial charge in [0.25, 0.3) is 0 Å². The van der Waals surface area contributed by atoms with Gasteiger partial charge in [0.15, 0.2) is 0 Å². The molecule has 1 aliphatic rings. The third-order valence-corrected chi connectivity index (χ3v) is 5.29. The summed E-state index contributed by atoms with van der Waals surface area (Å²) in [6.07, 6.45) is 1.94. The number of nitrogens with one attached hydrogen (secondary N) is 1. The maximum absolute atomic E-state index is 11.9. The molecule has 0 amide bonds. The van der Waals surface area contributed by atoms with Crippen LogP contribution in [0.4, 0.5) is 5.69 Å². The number of ether oxygens (including phenoxy) is 1. The molecule has 0 saturated carbocycles. The zero-order chi connectivity index (χ0) is 20.3. The predicted octanol–water partition coefficient (Wildman–Crippen LogP) is 5.17. The van der Waals surface area contributed by atoms with Crippen LogP contribution in [0.25, 0.3) is 11.0 Å². The van der Waals surface area contributed by atoms with E-state index in [9.17, 15) is 4.79 Å². The fraction of sp³-hybridized carbons (Fsp3) is 0.409. The van der Waals surface area contributed by atoms with Gasteiger partial charge in [-0.25, -0.2) is 4.79 Å². The Balaban J connectivity index is 1.60. The first-order valence-electron chi connectivity index (χ1n) is 9.54. The Morgan fingerprint density at radius 1 is 1.29 bits per heavy atom. The molecule has 1 saturated heterocycles. The summed E-state index contributed by atoms with van der Waals surface area (Å²) in [5.41, 5.74) is 2.11. The molecule has 2 heterocycles. The van der Waals surface area contributed by atoms with Crippen LogP contribution in [0.3, 0.4) is 0 Å². The van der Waals surface area contributed by atoms with Crippen molar-refractivity contribution in [1.82, 2.24) is 4.90 Å². The number of piperidine rings is 1. The fourth-order valence-electron chi connectivity index (χ4n) is 3.31. The molecule has 1 aromatic heterocycles. The van der Waals surface area contributed by atoms with Gasteiger partial charge in [-0.2, -0.15) is 0 Å². The van der Waals surface area contributed by atoms with E-state index in [2.05, 4.69) is 16.8 Å². The summed E-state index contributed by atoms with van der Waals surface area (Å²) >= 11 is 6.12. The van der Waals surface area contributed by atoms with Crippen molar-refractivity contribution in [3.63, 3.8) is 0 Å². The van der Waals surface area contributed by atoms with Crippen molar-refractivity contribution in [2.75, 3.05) is 25.0 Å². The highest BCUT2D eigenvalue weighted by atomic mass is 35.5. The van der Waals surface area contributed by atoms with Crippen LogP contribution in [0.15, 0.2) is 57.1 Å². The minimum atomic E-state index is -0.363. The van der Waals surface area contributed by atoms with E-state index in [1.54, 1.807) is 12.1 Å². The monoisotopic (exact) mass is 402 g/mol. The van der Waals surface area contributed by atoms with E-state index in [0.717, 1.165) is 60.6 Å². The van der Waals surface area contributed by atoms with Crippen LogP contribution in [0, 0.1) is 0 Å². The summed E-state index contributed by atoms with van der Waals surface area (Å²) in [5, 5.41) is 4.95. The normalized spacial score (nSPS) is 15.4. The van der Waals surface area contributed by atoms with Crippen LogP contribution < -0.4 is 10.9 Å². The van der Waals surface area contributed by atoms with Crippen molar-refractivity contribution in [2.24, 2.45) is 0 Å². The molecule has 150 valence electrons. The summed E-state index contributed by atoms with van der Waals surface area (Å²) in [6.45, 7) is 12.7. The van der Waals surface area contributed by atoms with Gasteiger partial charge < -0.3 is 14.5 Å². The third kappa shape index (κ3) is 5.18.